The van der Waals surface area contributed by atoms with Crippen molar-refractivity contribution in [1.29, 1.82) is 0 Å². The quantitative estimate of drug-likeness (QED) is 0.722. The van der Waals surface area contributed by atoms with Crippen molar-refractivity contribution >= 4 is 11.5 Å². The maximum atomic E-state index is 9.35. The van der Waals surface area contributed by atoms with E-state index in [9.17, 15) is 5.11 Å². The summed E-state index contributed by atoms with van der Waals surface area (Å²) in [6.45, 7) is 2.63. The first-order valence-corrected chi connectivity index (χ1v) is 7.40. The van der Waals surface area contributed by atoms with Crippen LogP contribution in [0, 0.1) is 0 Å². The largest absolute Gasteiger partial charge is 0.508 e. The summed E-state index contributed by atoms with van der Waals surface area (Å²) in [6.07, 6.45) is 0.589. The second kappa shape index (κ2) is 6.62. The van der Waals surface area contributed by atoms with E-state index in [1.807, 2.05) is 31.2 Å². The second-order valence-electron chi connectivity index (χ2n) is 5.45. The van der Waals surface area contributed by atoms with Crippen LogP contribution in [0.2, 0.25) is 0 Å². The molecule has 2 N–H and O–H groups in total. The van der Waals surface area contributed by atoms with Gasteiger partial charge in [-0.1, -0.05) is 12.1 Å². The molecule has 0 aliphatic rings. The van der Waals surface area contributed by atoms with Crippen LogP contribution < -0.4 is 5.32 Å². The molecule has 0 aliphatic heterocycles. The van der Waals surface area contributed by atoms with E-state index in [0.717, 1.165) is 17.2 Å². The number of nitrogens with zero attached hydrogens (tertiary/aromatic N) is 4. The number of aromatic hydroxyl groups is 1. The molecule has 23 heavy (non-hydrogen) atoms. The predicted octanol–water partition coefficient (Wildman–Crippen LogP) is 1.87. The molecule has 1 atom stereocenters. The molecule has 0 unspecified atom stereocenters. The zero-order valence-corrected chi connectivity index (χ0v) is 13.1. The average Bonchev–Trinajstić information content (AvgIpc) is 2.92. The number of hydrogen-bond acceptors (Lipinski definition) is 6. The Bertz CT molecular complexity index is 785. The minimum Gasteiger partial charge on any atom is -0.508 e. The highest BCUT2D eigenvalue weighted by atomic mass is 16.5. The van der Waals surface area contributed by atoms with Crippen LogP contribution in [0.4, 0.5) is 5.82 Å². The third-order valence-corrected chi connectivity index (χ3v) is 3.44. The smallest absolute Gasteiger partial charge is 0.178 e. The number of phenolic OH excluding ortho intramolecular Hbond substituents is 1. The lowest BCUT2D eigenvalue weighted by Gasteiger charge is -2.13. The first-order chi connectivity index (χ1) is 11.2. The van der Waals surface area contributed by atoms with Gasteiger partial charge in [0.25, 0.3) is 0 Å². The van der Waals surface area contributed by atoms with E-state index in [-0.39, 0.29) is 11.8 Å². The van der Waals surface area contributed by atoms with Crippen LogP contribution in [0.1, 0.15) is 18.3 Å². The molecular weight excluding hydrogens is 294 g/mol. The standard InChI is InChI=1S/C16H19N5O2/c1-11(10-23-2)17-14-7-8-15-18-19-16(21(15)20-14)9-12-3-5-13(22)6-4-12/h3-8,11,22H,9-10H2,1-2H3,(H,17,20)/t11-/m1/s1. The van der Waals surface area contributed by atoms with Crippen LogP contribution in [-0.2, 0) is 11.2 Å². The molecule has 3 rings (SSSR count). The van der Waals surface area contributed by atoms with Crippen molar-refractivity contribution in [3.8, 4) is 5.75 Å². The molecule has 7 heteroatoms. The van der Waals surface area contributed by atoms with Crippen LogP contribution in [0.25, 0.3) is 5.65 Å². The molecule has 0 bridgehead atoms. The van der Waals surface area contributed by atoms with Gasteiger partial charge in [-0.3, -0.25) is 0 Å². The Balaban J connectivity index is 1.84. The van der Waals surface area contributed by atoms with Crippen molar-refractivity contribution in [3.05, 3.63) is 47.8 Å². The molecule has 1 aromatic carbocycles. The SMILES string of the molecule is COC[C@@H](C)Nc1ccc2nnc(Cc3ccc(O)cc3)n2n1. The third-order valence-electron chi connectivity index (χ3n) is 3.44. The van der Waals surface area contributed by atoms with Gasteiger partial charge in [0, 0.05) is 19.6 Å². The van der Waals surface area contributed by atoms with Crippen LogP contribution in [-0.4, -0.2) is 44.7 Å². The third kappa shape index (κ3) is 3.57. The van der Waals surface area contributed by atoms with Crippen molar-refractivity contribution in [2.75, 3.05) is 19.0 Å². The van der Waals surface area contributed by atoms with E-state index in [0.29, 0.717) is 18.7 Å². The molecule has 0 spiro atoms. The average molecular weight is 313 g/mol. The number of hydrogen-bond donors (Lipinski definition) is 2. The number of ether oxygens (including phenoxy) is 1. The zero-order chi connectivity index (χ0) is 16.2. The van der Waals surface area contributed by atoms with Gasteiger partial charge in [-0.15, -0.1) is 15.3 Å². The molecule has 0 saturated carbocycles. The van der Waals surface area contributed by atoms with Gasteiger partial charge in [0.15, 0.2) is 11.5 Å². The van der Waals surface area contributed by atoms with Crippen molar-refractivity contribution in [3.63, 3.8) is 0 Å². The van der Waals surface area contributed by atoms with Crippen LogP contribution in [0.3, 0.4) is 0 Å². The van der Waals surface area contributed by atoms with Gasteiger partial charge in [0.1, 0.15) is 11.6 Å². The molecule has 2 heterocycles. The summed E-state index contributed by atoms with van der Waals surface area (Å²) in [5.41, 5.74) is 1.73. The summed E-state index contributed by atoms with van der Waals surface area (Å²) >= 11 is 0. The highest BCUT2D eigenvalue weighted by Gasteiger charge is 2.10. The normalized spacial score (nSPS) is 12.4. The number of methoxy groups -OCH3 is 1. The Hall–Kier alpha value is -2.67. The maximum absolute atomic E-state index is 9.35. The summed E-state index contributed by atoms with van der Waals surface area (Å²) in [6, 6.07) is 10.9. The molecule has 2 aromatic heterocycles. The van der Waals surface area contributed by atoms with Gasteiger partial charge in [0.2, 0.25) is 0 Å². The summed E-state index contributed by atoms with van der Waals surface area (Å²) in [4.78, 5) is 0. The summed E-state index contributed by atoms with van der Waals surface area (Å²) < 4.78 is 6.85. The topological polar surface area (TPSA) is 84.6 Å². The lowest BCUT2D eigenvalue weighted by Crippen LogP contribution is -2.22. The van der Waals surface area contributed by atoms with Crippen molar-refractivity contribution < 1.29 is 9.84 Å². The number of aromatic nitrogens is 4. The van der Waals surface area contributed by atoms with Gasteiger partial charge >= 0.3 is 0 Å². The number of rotatable bonds is 6. The molecule has 0 aliphatic carbocycles. The molecule has 7 nitrogen and oxygen atoms in total. The molecule has 0 saturated heterocycles. The van der Waals surface area contributed by atoms with E-state index in [2.05, 4.69) is 20.6 Å². The fourth-order valence-corrected chi connectivity index (χ4v) is 2.36. The van der Waals surface area contributed by atoms with E-state index >= 15 is 0 Å². The lowest BCUT2D eigenvalue weighted by molar-refractivity contribution is 0.190. The number of phenols is 1. The number of nitrogens with one attached hydrogen (secondary N) is 1. The van der Waals surface area contributed by atoms with Crippen LogP contribution >= 0.6 is 0 Å². The van der Waals surface area contributed by atoms with E-state index in [4.69, 9.17) is 4.74 Å². The minimum absolute atomic E-state index is 0.155. The Kier molecular flexibility index (Phi) is 4.38. The highest BCUT2D eigenvalue weighted by molar-refractivity contribution is 5.44. The lowest BCUT2D eigenvalue weighted by atomic mass is 10.1. The zero-order valence-electron chi connectivity index (χ0n) is 13.1. The van der Waals surface area contributed by atoms with Crippen LogP contribution in [0.15, 0.2) is 36.4 Å². The maximum Gasteiger partial charge on any atom is 0.178 e. The first-order valence-electron chi connectivity index (χ1n) is 7.40. The van der Waals surface area contributed by atoms with E-state index in [1.165, 1.54) is 0 Å². The Morgan fingerprint density at radius 3 is 2.70 bits per heavy atom. The van der Waals surface area contributed by atoms with E-state index in [1.54, 1.807) is 23.8 Å². The Labute approximate surface area is 133 Å². The van der Waals surface area contributed by atoms with Gasteiger partial charge in [-0.25, -0.2) is 0 Å². The molecule has 3 aromatic rings. The molecule has 120 valence electrons. The van der Waals surface area contributed by atoms with Gasteiger partial charge in [-0.2, -0.15) is 4.52 Å². The summed E-state index contributed by atoms with van der Waals surface area (Å²) in [5.74, 6) is 1.74. The minimum atomic E-state index is 0.155. The Morgan fingerprint density at radius 1 is 1.17 bits per heavy atom. The second-order valence-corrected chi connectivity index (χ2v) is 5.45. The molecule has 0 radical (unpaired) electrons. The van der Waals surface area contributed by atoms with Gasteiger partial charge in [0.05, 0.1) is 6.61 Å². The fraction of sp³-hybridized carbons (Fsp3) is 0.312. The first kappa shape index (κ1) is 15.2. The van der Waals surface area contributed by atoms with Gasteiger partial charge < -0.3 is 15.2 Å². The number of fused-ring (bicyclic) bond motifs is 1. The molecular formula is C16H19N5O2. The fourth-order valence-electron chi connectivity index (χ4n) is 2.36. The van der Waals surface area contributed by atoms with Crippen LogP contribution in [0.5, 0.6) is 5.75 Å². The monoisotopic (exact) mass is 313 g/mol. The molecule has 0 amide bonds. The molecule has 0 fully saturated rings. The number of benzene rings is 1. The summed E-state index contributed by atoms with van der Waals surface area (Å²) in [5, 5.41) is 25.5. The van der Waals surface area contributed by atoms with Crippen molar-refractivity contribution in [2.24, 2.45) is 0 Å². The number of anilines is 1. The van der Waals surface area contributed by atoms with Gasteiger partial charge in [-0.05, 0) is 36.8 Å². The van der Waals surface area contributed by atoms with E-state index < -0.39 is 0 Å². The Morgan fingerprint density at radius 2 is 1.96 bits per heavy atom. The predicted molar refractivity (Wildman–Crippen MR) is 86.7 cm³/mol. The summed E-state index contributed by atoms with van der Waals surface area (Å²) in [7, 11) is 1.67. The van der Waals surface area contributed by atoms with Crippen molar-refractivity contribution in [2.45, 2.75) is 19.4 Å². The van der Waals surface area contributed by atoms with Crippen molar-refractivity contribution in [1.82, 2.24) is 19.8 Å². The highest BCUT2D eigenvalue weighted by Crippen LogP contribution is 2.14.